The molecule has 0 amide bonds. The van der Waals surface area contributed by atoms with Crippen LogP contribution in [0.2, 0.25) is 0 Å². The summed E-state index contributed by atoms with van der Waals surface area (Å²) in [6, 6.07) is 9.30. The third-order valence-electron chi connectivity index (χ3n) is 3.47. The summed E-state index contributed by atoms with van der Waals surface area (Å²) >= 11 is 0. The van der Waals surface area contributed by atoms with Crippen molar-refractivity contribution in [2.75, 3.05) is 26.9 Å². The van der Waals surface area contributed by atoms with Gasteiger partial charge in [0.15, 0.2) is 0 Å². The van der Waals surface area contributed by atoms with Gasteiger partial charge in [0, 0.05) is 13.1 Å². The van der Waals surface area contributed by atoms with E-state index in [4.69, 9.17) is 4.74 Å². The van der Waals surface area contributed by atoms with Gasteiger partial charge in [0.1, 0.15) is 12.8 Å². The highest BCUT2D eigenvalue weighted by atomic mass is 16.5. The summed E-state index contributed by atoms with van der Waals surface area (Å²) in [7, 11) is 1.35. The number of benzene rings is 1. The van der Waals surface area contributed by atoms with Gasteiger partial charge in [-0.25, -0.2) is 4.79 Å². The summed E-state index contributed by atoms with van der Waals surface area (Å²) in [5.41, 5.74) is 1.38. The van der Waals surface area contributed by atoms with E-state index >= 15 is 0 Å². The third-order valence-corrected chi connectivity index (χ3v) is 3.47. The topological polar surface area (TPSA) is 62.6 Å². The number of hydrogen-bond donors (Lipinski definition) is 0. The Morgan fingerprint density at radius 1 is 1.57 bits per heavy atom. The maximum Gasteiger partial charge on any atom is 0.337 e. The van der Waals surface area contributed by atoms with E-state index in [0.29, 0.717) is 25.4 Å². The molecule has 1 aliphatic rings. The number of carbonyl (C=O) groups is 1. The number of carbonyl (C=O) groups excluding carboxylic acids is 1. The SMILES string of the molecule is C=CCN1CO[C@H](c2ccc(C(=O)OC)cc2)[C@H](C#N)C1. The van der Waals surface area contributed by atoms with E-state index in [1.54, 1.807) is 18.2 Å². The monoisotopic (exact) mass is 286 g/mol. The summed E-state index contributed by atoms with van der Waals surface area (Å²) in [5.74, 6) is -0.622. The number of rotatable bonds is 4. The minimum Gasteiger partial charge on any atom is -0.465 e. The molecule has 1 heterocycles. The molecule has 110 valence electrons. The molecule has 5 heteroatoms. The van der Waals surface area contributed by atoms with Gasteiger partial charge < -0.3 is 9.47 Å². The van der Waals surface area contributed by atoms with Crippen LogP contribution in [0.25, 0.3) is 0 Å². The smallest absolute Gasteiger partial charge is 0.337 e. The Morgan fingerprint density at radius 2 is 2.29 bits per heavy atom. The first-order valence-corrected chi connectivity index (χ1v) is 6.72. The number of nitriles is 1. The molecule has 1 fully saturated rings. The van der Waals surface area contributed by atoms with Crippen molar-refractivity contribution < 1.29 is 14.3 Å². The van der Waals surface area contributed by atoms with E-state index < -0.39 is 0 Å². The van der Waals surface area contributed by atoms with Gasteiger partial charge in [-0.2, -0.15) is 5.26 Å². The molecule has 2 rings (SSSR count). The summed E-state index contributed by atoms with van der Waals surface area (Å²) in [5, 5.41) is 9.33. The van der Waals surface area contributed by atoms with Crippen LogP contribution in [0.5, 0.6) is 0 Å². The molecule has 0 unspecified atom stereocenters. The predicted octanol–water partition coefficient (Wildman–Crippen LogP) is 2.13. The van der Waals surface area contributed by atoms with Crippen LogP contribution in [0.4, 0.5) is 0 Å². The van der Waals surface area contributed by atoms with E-state index in [0.717, 1.165) is 5.56 Å². The predicted molar refractivity (Wildman–Crippen MR) is 77.3 cm³/mol. The molecule has 0 radical (unpaired) electrons. The molecule has 0 aliphatic carbocycles. The van der Waals surface area contributed by atoms with Crippen molar-refractivity contribution in [3.63, 3.8) is 0 Å². The van der Waals surface area contributed by atoms with Crippen molar-refractivity contribution in [3.05, 3.63) is 48.0 Å². The van der Waals surface area contributed by atoms with E-state index in [-0.39, 0.29) is 18.0 Å². The fourth-order valence-corrected chi connectivity index (χ4v) is 2.40. The molecular weight excluding hydrogens is 268 g/mol. The molecule has 1 aliphatic heterocycles. The van der Waals surface area contributed by atoms with Crippen molar-refractivity contribution in [2.24, 2.45) is 5.92 Å². The highest BCUT2D eigenvalue weighted by molar-refractivity contribution is 5.89. The van der Waals surface area contributed by atoms with Gasteiger partial charge in [0.2, 0.25) is 0 Å². The van der Waals surface area contributed by atoms with Crippen molar-refractivity contribution in [1.29, 1.82) is 5.26 Å². The molecule has 0 saturated carbocycles. The first kappa shape index (κ1) is 15.2. The molecule has 0 bridgehead atoms. The van der Waals surface area contributed by atoms with Crippen LogP contribution in [-0.2, 0) is 9.47 Å². The molecule has 1 aromatic rings. The van der Waals surface area contributed by atoms with E-state index in [2.05, 4.69) is 17.4 Å². The van der Waals surface area contributed by atoms with Crippen LogP contribution in [0.3, 0.4) is 0 Å². The van der Waals surface area contributed by atoms with Crippen molar-refractivity contribution in [1.82, 2.24) is 4.90 Å². The fraction of sp³-hybridized carbons (Fsp3) is 0.375. The minimum atomic E-state index is -0.375. The number of ether oxygens (including phenoxy) is 2. The van der Waals surface area contributed by atoms with Crippen LogP contribution in [0, 0.1) is 17.2 Å². The Bertz CT molecular complexity index is 548. The second kappa shape index (κ2) is 7.02. The van der Waals surface area contributed by atoms with Gasteiger partial charge in [-0.05, 0) is 17.7 Å². The van der Waals surface area contributed by atoms with Crippen molar-refractivity contribution in [3.8, 4) is 6.07 Å². The maximum absolute atomic E-state index is 11.4. The molecular formula is C16H18N2O3. The molecule has 1 aromatic carbocycles. The van der Waals surface area contributed by atoms with Crippen LogP contribution >= 0.6 is 0 Å². The number of methoxy groups -OCH3 is 1. The zero-order valence-corrected chi connectivity index (χ0v) is 12.0. The molecule has 0 N–H and O–H groups in total. The number of nitrogens with zero attached hydrogens (tertiary/aromatic N) is 2. The standard InChI is InChI=1S/C16H18N2O3/c1-3-8-18-10-14(9-17)15(21-11-18)12-4-6-13(7-5-12)16(19)20-2/h3-7,14-15H,1,8,10-11H2,2H3/t14-,15-/m1/s1. The van der Waals surface area contributed by atoms with Crippen LogP contribution in [0.15, 0.2) is 36.9 Å². The number of esters is 1. The Balaban J connectivity index is 2.12. The van der Waals surface area contributed by atoms with Gasteiger partial charge in [-0.3, -0.25) is 4.90 Å². The first-order chi connectivity index (χ1) is 10.2. The minimum absolute atomic E-state index is 0.248. The van der Waals surface area contributed by atoms with Crippen LogP contribution in [0.1, 0.15) is 22.0 Å². The lowest BCUT2D eigenvalue weighted by atomic mass is 9.94. The first-order valence-electron chi connectivity index (χ1n) is 6.72. The maximum atomic E-state index is 11.4. The lowest BCUT2D eigenvalue weighted by molar-refractivity contribution is -0.0868. The van der Waals surface area contributed by atoms with Gasteiger partial charge in [-0.1, -0.05) is 18.2 Å². The zero-order chi connectivity index (χ0) is 15.2. The molecule has 5 nitrogen and oxygen atoms in total. The highest BCUT2D eigenvalue weighted by Crippen LogP contribution is 2.30. The summed E-state index contributed by atoms with van der Waals surface area (Å²) in [6.45, 7) is 5.50. The van der Waals surface area contributed by atoms with Crippen molar-refractivity contribution >= 4 is 5.97 Å². The summed E-state index contributed by atoms with van der Waals surface area (Å²) in [4.78, 5) is 13.4. The van der Waals surface area contributed by atoms with Gasteiger partial charge >= 0.3 is 5.97 Å². The Morgan fingerprint density at radius 3 is 2.86 bits per heavy atom. The highest BCUT2D eigenvalue weighted by Gasteiger charge is 2.30. The fourth-order valence-electron chi connectivity index (χ4n) is 2.40. The zero-order valence-electron chi connectivity index (χ0n) is 12.0. The van der Waals surface area contributed by atoms with E-state index in [1.807, 2.05) is 17.0 Å². The van der Waals surface area contributed by atoms with E-state index in [1.165, 1.54) is 7.11 Å². The molecule has 2 atom stereocenters. The molecule has 21 heavy (non-hydrogen) atoms. The second-order valence-electron chi connectivity index (χ2n) is 4.89. The molecule has 0 spiro atoms. The van der Waals surface area contributed by atoms with Gasteiger partial charge in [0.25, 0.3) is 0 Å². The molecule has 1 saturated heterocycles. The summed E-state index contributed by atoms with van der Waals surface area (Å²) < 4.78 is 10.5. The van der Waals surface area contributed by atoms with Gasteiger partial charge in [0.05, 0.1) is 24.7 Å². The lowest BCUT2D eigenvalue weighted by Gasteiger charge is -2.35. The van der Waals surface area contributed by atoms with Gasteiger partial charge in [-0.15, -0.1) is 6.58 Å². The largest absolute Gasteiger partial charge is 0.465 e. The Kier molecular flexibility index (Phi) is 5.09. The Hall–Kier alpha value is -2.16. The third kappa shape index (κ3) is 3.48. The average molecular weight is 286 g/mol. The van der Waals surface area contributed by atoms with Crippen LogP contribution < -0.4 is 0 Å². The van der Waals surface area contributed by atoms with E-state index in [9.17, 15) is 10.1 Å². The normalized spacial score (nSPS) is 22.3. The van der Waals surface area contributed by atoms with Crippen LogP contribution in [-0.4, -0.2) is 37.8 Å². The quantitative estimate of drug-likeness (QED) is 0.627. The summed E-state index contributed by atoms with van der Waals surface area (Å²) in [6.07, 6.45) is 1.52. The second-order valence-corrected chi connectivity index (χ2v) is 4.89. The Labute approximate surface area is 124 Å². The lowest BCUT2D eigenvalue weighted by Crippen LogP contribution is -2.40. The average Bonchev–Trinajstić information content (AvgIpc) is 2.54. The number of hydrogen-bond acceptors (Lipinski definition) is 5. The molecule has 0 aromatic heterocycles. The van der Waals surface area contributed by atoms with Crippen molar-refractivity contribution in [2.45, 2.75) is 6.10 Å².